The number of likely N-dealkylation sites (N-methyl/N-ethyl adjacent to an activating group) is 1. The van der Waals surface area contributed by atoms with Crippen LogP contribution in [-0.4, -0.2) is 25.0 Å². The lowest BCUT2D eigenvalue weighted by atomic mass is 9.88. The molecule has 1 atom stereocenters. The van der Waals surface area contributed by atoms with Crippen LogP contribution in [0.15, 0.2) is 11.6 Å². The lowest BCUT2D eigenvalue weighted by molar-refractivity contribution is 0.285. The highest BCUT2D eigenvalue weighted by atomic mass is 15.1. The highest BCUT2D eigenvalue weighted by Gasteiger charge is 2.18. The Hall–Kier alpha value is -0.300. The van der Waals surface area contributed by atoms with Crippen LogP contribution in [0.5, 0.6) is 0 Å². The number of nitrogens with zero attached hydrogens (tertiary/aromatic N) is 1. The molecule has 0 N–H and O–H groups in total. The summed E-state index contributed by atoms with van der Waals surface area (Å²) >= 11 is 0. The fraction of sp³-hybridized carbons (Fsp3) is 0.875. The third-order valence-corrected chi connectivity index (χ3v) is 4.04. The van der Waals surface area contributed by atoms with Crippen molar-refractivity contribution >= 4 is 0 Å². The van der Waals surface area contributed by atoms with E-state index >= 15 is 0 Å². The first-order valence-corrected chi connectivity index (χ1v) is 7.65. The van der Waals surface area contributed by atoms with Crippen LogP contribution in [0.25, 0.3) is 0 Å². The molecule has 0 radical (unpaired) electrons. The van der Waals surface area contributed by atoms with Gasteiger partial charge in [0, 0.05) is 13.1 Å². The van der Waals surface area contributed by atoms with Gasteiger partial charge in [0.1, 0.15) is 0 Å². The van der Waals surface area contributed by atoms with E-state index in [-0.39, 0.29) is 0 Å². The van der Waals surface area contributed by atoms with E-state index < -0.39 is 0 Å². The third-order valence-electron chi connectivity index (χ3n) is 4.04. The third kappa shape index (κ3) is 5.72. The van der Waals surface area contributed by atoms with Crippen molar-refractivity contribution in [1.82, 2.24) is 4.90 Å². The summed E-state index contributed by atoms with van der Waals surface area (Å²) in [4.78, 5) is 2.46. The predicted octanol–water partition coefficient (Wildman–Crippen LogP) is 4.64. The van der Waals surface area contributed by atoms with Crippen molar-refractivity contribution in [3.05, 3.63) is 11.6 Å². The van der Waals surface area contributed by atoms with Gasteiger partial charge in [0.25, 0.3) is 0 Å². The number of hydrogen-bond donors (Lipinski definition) is 0. The number of unbranched alkanes of at least 4 members (excludes halogenated alkanes) is 5. The smallest absolute Gasteiger partial charge is 0.0163 e. The molecule has 100 valence electrons. The van der Waals surface area contributed by atoms with Gasteiger partial charge in [-0.1, -0.05) is 64.0 Å². The summed E-state index contributed by atoms with van der Waals surface area (Å²) in [6.45, 7) is 7.05. The molecule has 1 aliphatic rings. The molecule has 17 heavy (non-hydrogen) atoms. The molecule has 1 aliphatic heterocycles. The molecule has 0 spiro atoms. The van der Waals surface area contributed by atoms with E-state index in [4.69, 9.17) is 0 Å². The predicted molar refractivity (Wildman–Crippen MR) is 77.4 cm³/mol. The van der Waals surface area contributed by atoms with E-state index in [9.17, 15) is 0 Å². The minimum atomic E-state index is 0.852. The quantitative estimate of drug-likeness (QED) is 0.439. The van der Waals surface area contributed by atoms with E-state index in [1.807, 2.05) is 0 Å². The van der Waals surface area contributed by atoms with Gasteiger partial charge < -0.3 is 4.90 Å². The molecule has 0 aromatic carbocycles. The summed E-state index contributed by atoms with van der Waals surface area (Å²) < 4.78 is 0. The highest BCUT2D eigenvalue weighted by Crippen LogP contribution is 2.25. The molecule has 0 saturated carbocycles. The second kappa shape index (κ2) is 8.74. The average molecular weight is 237 g/mol. The maximum Gasteiger partial charge on any atom is 0.0163 e. The second-order valence-corrected chi connectivity index (χ2v) is 5.61. The summed E-state index contributed by atoms with van der Waals surface area (Å²) in [7, 11) is 2.25. The summed E-state index contributed by atoms with van der Waals surface area (Å²) in [5, 5.41) is 0. The van der Waals surface area contributed by atoms with Crippen LogP contribution in [0, 0.1) is 5.92 Å². The van der Waals surface area contributed by atoms with Crippen molar-refractivity contribution in [2.24, 2.45) is 5.92 Å². The van der Waals surface area contributed by atoms with Gasteiger partial charge in [-0.2, -0.15) is 0 Å². The lowest BCUT2D eigenvalue weighted by Gasteiger charge is -2.30. The van der Waals surface area contributed by atoms with Crippen LogP contribution >= 0.6 is 0 Å². The van der Waals surface area contributed by atoms with E-state index in [0.29, 0.717) is 0 Å². The SMILES string of the molecule is CCCCCCCCC1CN(C)CC=C1CC. The van der Waals surface area contributed by atoms with Crippen molar-refractivity contribution < 1.29 is 0 Å². The zero-order valence-corrected chi connectivity index (χ0v) is 12.2. The van der Waals surface area contributed by atoms with Crippen LogP contribution in [-0.2, 0) is 0 Å². The molecule has 0 bridgehead atoms. The Morgan fingerprint density at radius 3 is 2.53 bits per heavy atom. The van der Waals surface area contributed by atoms with Crippen LogP contribution in [0.2, 0.25) is 0 Å². The van der Waals surface area contributed by atoms with Gasteiger partial charge in [0.15, 0.2) is 0 Å². The number of hydrogen-bond acceptors (Lipinski definition) is 1. The molecule has 1 heteroatoms. The Kier molecular flexibility index (Phi) is 7.59. The van der Waals surface area contributed by atoms with Crippen LogP contribution in [0.4, 0.5) is 0 Å². The maximum atomic E-state index is 2.46. The molecular weight excluding hydrogens is 206 g/mol. The average Bonchev–Trinajstić information content (AvgIpc) is 2.34. The van der Waals surface area contributed by atoms with Crippen LogP contribution < -0.4 is 0 Å². The zero-order valence-electron chi connectivity index (χ0n) is 12.2. The van der Waals surface area contributed by atoms with Gasteiger partial charge in [-0.25, -0.2) is 0 Å². The molecule has 0 saturated heterocycles. The maximum absolute atomic E-state index is 2.46. The van der Waals surface area contributed by atoms with Crippen LogP contribution in [0.3, 0.4) is 0 Å². The zero-order chi connectivity index (χ0) is 12.5. The van der Waals surface area contributed by atoms with Gasteiger partial charge in [-0.15, -0.1) is 0 Å². The molecule has 0 amide bonds. The van der Waals surface area contributed by atoms with E-state index in [0.717, 1.165) is 12.5 Å². The fourth-order valence-electron chi connectivity index (χ4n) is 2.89. The van der Waals surface area contributed by atoms with E-state index in [2.05, 4.69) is 31.9 Å². The molecule has 1 nitrogen and oxygen atoms in total. The lowest BCUT2D eigenvalue weighted by Crippen LogP contribution is -2.31. The summed E-state index contributed by atoms with van der Waals surface area (Å²) in [6, 6.07) is 0. The first-order valence-electron chi connectivity index (χ1n) is 7.65. The fourth-order valence-corrected chi connectivity index (χ4v) is 2.89. The van der Waals surface area contributed by atoms with Gasteiger partial charge in [0.2, 0.25) is 0 Å². The summed E-state index contributed by atoms with van der Waals surface area (Å²) in [5.74, 6) is 0.852. The standard InChI is InChI=1S/C16H31N/c1-4-6-7-8-9-10-11-16-14-17(3)13-12-15(16)5-2/h12,16H,4-11,13-14H2,1-3H3. The van der Waals surface area contributed by atoms with Crippen molar-refractivity contribution in [3.63, 3.8) is 0 Å². The topological polar surface area (TPSA) is 3.24 Å². The van der Waals surface area contributed by atoms with Crippen molar-refractivity contribution in [3.8, 4) is 0 Å². The Labute approximate surface area is 108 Å². The first kappa shape index (κ1) is 14.8. The Bertz CT molecular complexity index is 220. The molecule has 1 heterocycles. The van der Waals surface area contributed by atoms with Crippen LogP contribution in [0.1, 0.15) is 65.2 Å². The summed E-state index contributed by atoms with van der Waals surface area (Å²) in [6.07, 6.45) is 13.7. The van der Waals surface area contributed by atoms with E-state index in [1.54, 1.807) is 5.57 Å². The van der Waals surface area contributed by atoms with Crippen molar-refractivity contribution in [1.29, 1.82) is 0 Å². The molecule has 0 aromatic heterocycles. The van der Waals surface area contributed by atoms with Gasteiger partial charge in [-0.3, -0.25) is 0 Å². The van der Waals surface area contributed by atoms with Gasteiger partial charge >= 0.3 is 0 Å². The Morgan fingerprint density at radius 1 is 1.12 bits per heavy atom. The minimum absolute atomic E-state index is 0.852. The monoisotopic (exact) mass is 237 g/mol. The molecular formula is C16H31N. The molecule has 0 aromatic rings. The number of rotatable bonds is 8. The molecule has 0 aliphatic carbocycles. The second-order valence-electron chi connectivity index (χ2n) is 5.61. The highest BCUT2D eigenvalue weighted by molar-refractivity contribution is 5.11. The van der Waals surface area contributed by atoms with Crippen molar-refractivity contribution in [2.45, 2.75) is 65.2 Å². The molecule has 1 unspecified atom stereocenters. The minimum Gasteiger partial charge on any atom is -0.302 e. The molecule has 0 fully saturated rings. The first-order chi connectivity index (χ1) is 8.27. The van der Waals surface area contributed by atoms with Gasteiger partial charge in [0.05, 0.1) is 0 Å². The molecule has 1 rings (SSSR count). The van der Waals surface area contributed by atoms with Gasteiger partial charge in [-0.05, 0) is 25.8 Å². The Balaban J connectivity index is 2.16. The normalized spacial score (nSPS) is 21.6. The Morgan fingerprint density at radius 2 is 1.82 bits per heavy atom. The van der Waals surface area contributed by atoms with E-state index in [1.165, 1.54) is 57.9 Å². The summed E-state index contributed by atoms with van der Waals surface area (Å²) in [5.41, 5.74) is 1.72. The van der Waals surface area contributed by atoms with Crippen molar-refractivity contribution in [2.75, 3.05) is 20.1 Å². The largest absolute Gasteiger partial charge is 0.302 e.